The van der Waals surface area contributed by atoms with Gasteiger partial charge in [-0.15, -0.1) is 0 Å². The van der Waals surface area contributed by atoms with Crippen LogP contribution in [0.15, 0.2) is 24.3 Å². The Hall–Kier alpha value is -0.560. The van der Waals surface area contributed by atoms with Crippen molar-refractivity contribution in [3.05, 3.63) is 24.3 Å². The predicted molar refractivity (Wildman–Crippen MR) is 89.1 cm³/mol. The molecule has 0 radical (unpaired) electrons. The fourth-order valence-electron chi connectivity index (χ4n) is 5.75. The number of fused-ring (bicyclic) bond motifs is 2. The van der Waals surface area contributed by atoms with Crippen LogP contribution in [0, 0.1) is 23.7 Å². The largest absolute Gasteiger partial charge is 0.311 e. The molecule has 4 rings (SSSR count). The van der Waals surface area contributed by atoms with E-state index >= 15 is 0 Å². The van der Waals surface area contributed by atoms with Crippen molar-refractivity contribution in [1.82, 2.24) is 5.32 Å². The van der Waals surface area contributed by atoms with Gasteiger partial charge < -0.3 is 5.32 Å². The van der Waals surface area contributed by atoms with Gasteiger partial charge >= 0.3 is 0 Å². The molecule has 4 aliphatic rings. The molecule has 6 atom stereocenters. The summed E-state index contributed by atoms with van der Waals surface area (Å²) in [6, 6.07) is 1.62. The molecule has 1 heteroatoms. The van der Waals surface area contributed by atoms with Crippen LogP contribution in [0.2, 0.25) is 0 Å². The number of hydrogen-bond acceptors (Lipinski definition) is 1. The monoisotopic (exact) mass is 285 g/mol. The van der Waals surface area contributed by atoms with E-state index in [2.05, 4.69) is 29.6 Å². The lowest BCUT2D eigenvalue weighted by molar-refractivity contribution is 0.111. The SMILES string of the molecule is C1=CCC2C(C1)CCCC2NC1CCCC2CC=CCC21. The first kappa shape index (κ1) is 14.1. The lowest BCUT2D eigenvalue weighted by Gasteiger charge is -2.46. The highest BCUT2D eigenvalue weighted by Gasteiger charge is 2.38. The highest BCUT2D eigenvalue weighted by Crippen LogP contribution is 2.41. The van der Waals surface area contributed by atoms with Gasteiger partial charge in [0.25, 0.3) is 0 Å². The summed E-state index contributed by atoms with van der Waals surface area (Å²) in [5.41, 5.74) is 0. The Morgan fingerprint density at radius 2 is 1.05 bits per heavy atom. The number of allylic oxidation sites excluding steroid dienone is 4. The molecular formula is C20H31N. The van der Waals surface area contributed by atoms with E-state index in [-0.39, 0.29) is 0 Å². The van der Waals surface area contributed by atoms with Crippen LogP contribution in [-0.2, 0) is 0 Å². The van der Waals surface area contributed by atoms with Crippen molar-refractivity contribution in [3.63, 3.8) is 0 Å². The van der Waals surface area contributed by atoms with Crippen molar-refractivity contribution < 1.29 is 0 Å². The second-order valence-electron chi connectivity index (χ2n) is 7.97. The summed E-state index contributed by atoms with van der Waals surface area (Å²) in [7, 11) is 0. The molecule has 21 heavy (non-hydrogen) atoms. The summed E-state index contributed by atoms with van der Waals surface area (Å²) in [5.74, 6) is 3.82. The minimum atomic E-state index is 0.809. The second-order valence-corrected chi connectivity index (χ2v) is 7.97. The zero-order chi connectivity index (χ0) is 14.1. The zero-order valence-electron chi connectivity index (χ0n) is 13.3. The summed E-state index contributed by atoms with van der Waals surface area (Å²) in [6.07, 6.45) is 23.9. The van der Waals surface area contributed by atoms with Gasteiger partial charge in [-0.1, -0.05) is 37.1 Å². The standard InChI is InChI=1S/C20H31N/c1-3-11-17-15(7-1)9-5-13-19(17)21-20-14-6-10-16-8-2-4-12-18(16)20/h1-4,15-21H,5-14H2. The van der Waals surface area contributed by atoms with Crippen LogP contribution >= 0.6 is 0 Å². The minimum Gasteiger partial charge on any atom is -0.311 e. The molecule has 116 valence electrons. The third-order valence-electron chi connectivity index (χ3n) is 6.88. The molecule has 1 N–H and O–H groups in total. The Kier molecular flexibility index (Phi) is 4.21. The minimum absolute atomic E-state index is 0.809. The molecule has 0 amide bonds. The number of hydrogen-bond donors (Lipinski definition) is 1. The third kappa shape index (κ3) is 2.86. The van der Waals surface area contributed by atoms with Crippen molar-refractivity contribution >= 4 is 0 Å². The van der Waals surface area contributed by atoms with Crippen molar-refractivity contribution in [1.29, 1.82) is 0 Å². The fraction of sp³-hybridized carbons (Fsp3) is 0.800. The van der Waals surface area contributed by atoms with Gasteiger partial charge in [0.05, 0.1) is 0 Å². The molecular weight excluding hydrogens is 254 g/mol. The van der Waals surface area contributed by atoms with E-state index < -0.39 is 0 Å². The molecule has 4 aliphatic carbocycles. The van der Waals surface area contributed by atoms with E-state index in [1.165, 1.54) is 64.2 Å². The Bertz CT molecular complexity index is 372. The molecule has 6 unspecified atom stereocenters. The lowest BCUT2D eigenvalue weighted by Crippen LogP contribution is -2.52. The Balaban J connectivity index is 1.44. The van der Waals surface area contributed by atoms with Crippen LogP contribution < -0.4 is 5.32 Å². The first-order valence-corrected chi connectivity index (χ1v) is 9.48. The Labute approximate surface area is 130 Å². The fourth-order valence-corrected chi connectivity index (χ4v) is 5.75. The van der Waals surface area contributed by atoms with Crippen molar-refractivity contribution in [3.8, 4) is 0 Å². The maximum absolute atomic E-state index is 4.19. The summed E-state index contributed by atoms with van der Waals surface area (Å²) < 4.78 is 0. The van der Waals surface area contributed by atoms with Gasteiger partial charge in [-0.25, -0.2) is 0 Å². The summed E-state index contributed by atoms with van der Waals surface area (Å²) in [4.78, 5) is 0. The zero-order valence-corrected chi connectivity index (χ0v) is 13.3. The average molecular weight is 285 g/mol. The van der Waals surface area contributed by atoms with Crippen LogP contribution in [0.4, 0.5) is 0 Å². The Morgan fingerprint density at radius 1 is 0.571 bits per heavy atom. The Morgan fingerprint density at radius 3 is 1.57 bits per heavy atom. The molecule has 0 aromatic carbocycles. The normalized spacial score (nSPS) is 45.9. The van der Waals surface area contributed by atoms with E-state index in [1.807, 2.05) is 0 Å². The van der Waals surface area contributed by atoms with E-state index in [0.29, 0.717) is 0 Å². The molecule has 2 saturated carbocycles. The van der Waals surface area contributed by atoms with Crippen molar-refractivity contribution in [2.45, 2.75) is 76.3 Å². The van der Waals surface area contributed by atoms with Crippen molar-refractivity contribution in [2.75, 3.05) is 0 Å². The van der Waals surface area contributed by atoms with Gasteiger partial charge in [0.15, 0.2) is 0 Å². The molecule has 0 heterocycles. The van der Waals surface area contributed by atoms with E-state index in [9.17, 15) is 0 Å². The van der Waals surface area contributed by atoms with Crippen LogP contribution in [0.3, 0.4) is 0 Å². The highest BCUT2D eigenvalue weighted by atomic mass is 15.0. The number of nitrogens with one attached hydrogen (secondary N) is 1. The third-order valence-corrected chi connectivity index (χ3v) is 6.88. The quantitative estimate of drug-likeness (QED) is 0.715. The van der Waals surface area contributed by atoms with Crippen molar-refractivity contribution in [2.24, 2.45) is 23.7 Å². The lowest BCUT2D eigenvalue weighted by atomic mass is 9.68. The van der Waals surface area contributed by atoms with E-state index in [4.69, 9.17) is 0 Å². The van der Waals surface area contributed by atoms with Gasteiger partial charge in [-0.3, -0.25) is 0 Å². The molecule has 0 aromatic heterocycles. The summed E-state index contributed by atoms with van der Waals surface area (Å²) in [5, 5.41) is 4.19. The van der Waals surface area contributed by atoms with E-state index in [0.717, 1.165) is 35.8 Å². The van der Waals surface area contributed by atoms with E-state index in [1.54, 1.807) is 0 Å². The number of rotatable bonds is 2. The molecule has 0 saturated heterocycles. The topological polar surface area (TPSA) is 12.0 Å². The first-order valence-electron chi connectivity index (χ1n) is 9.48. The summed E-state index contributed by atoms with van der Waals surface area (Å²) >= 11 is 0. The molecule has 0 spiro atoms. The second kappa shape index (κ2) is 6.28. The van der Waals surface area contributed by atoms with Gasteiger partial charge in [-0.2, -0.15) is 0 Å². The van der Waals surface area contributed by atoms with Gasteiger partial charge in [0.1, 0.15) is 0 Å². The predicted octanol–water partition coefficient (Wildman–Crippen LogP) is 4.85. The summed E-state index contributed by atoms with van der Waals surface area (Å²) in [6.45, 7) is 0. The molecule has 0 aromatic rings. The maximum atomic E-state index is 4.19. The molecule has 1 nitrogen and oxygen atoms in total. The van der Waals surface area contributed by atoms with Crippen LogP contribution in [0.1, 0.15) is 64.2 Å². The van der Waals surface area contributed by atoms with Gasteiger partial charge in [0.2, 0.25) is 0 Å². The maximum Gasteiger partial charge on any atom is 0.0104 e. The molecule has 2 fully saturated rings. The first-order chi connectivity index (χ1) is 10.4. The molecule has 0 aliphatic heterocycles. The highest BCUT2D eigenvalue weighted by molar-refractivity contribution is 5.04. The molecule has 0 bridgehead atoms. The van der Waals surface area contributed by atoms with Gasteiger partial charge in [-0.05, 0) is 75.0 Å². The van der Waals surface area contributed by atoms with Crippen LogP contribution in [0.25, 0.3) is 0 Å². The average Bonchev–Trinajstić information content (AvgIpc) is 2.56. The smallest absolute Gasteiger partial charge is 0.0104 e. The van der Waals surface area contributed by atoms with Crippen LogP contribution in [-0.4, -0.2) is 12.1 Å². The van der Waals surface area contributed by atoms with Crippen LogP contribution in [0.5, 0.6) is 0 Å². The van der Waals surface area contributed by atoms with Gasteiger partial charge in [0, 0.05) is 12.1 Å².